The van der Waals surface area contributed by atoms with Gasteiger partial charge < -0.3 is 20.3 Å². The van der Waals surface area contributed by atoms with E-state index in [9.17, 15) is 13.6 Å². The molecule has 4 fully saturated rings. The van der Waals surface area contributed by atoms with E-state index < -0.39 is 17.7 Å². The molecule has 1 aliphatic carbocycles. The second-order valence-electron chi connectivity index (χ2n) is 13.4. The molecule has 1 saturated carbocycles. The lowest BCUT2D eigenvalue weighted by Crippen LogP contribution is -2.57. The normalized spacial score (nSPS) is 22.1. The Hall–Kier alpha value is -4.04. The summed E-state index contributed by atoms with van der Waals surface area (Å²) in [5.41, 5.74) is 2.03. The molecule has 2 N–H and O–H groups in total. The van der Waals surface area contributed by atoms with Gasteiger partial charge in [-0.3, -0.25) is 19.4 Å². The largest absolute Gasteiger partial charge is 0.494 e. The number of ether oxygens (including phenoxy) is 1. The highest BCUT2D eigenvalue weighted by Crippen LogP contribution is 2.42. The van der Waals surface area contributed by atoms with E-state index in [0.717, 1.165) is 69.4 Å². The molecule has 0 radical (unpaired) electrons. The number of hydroxylamine groups is 1. The molecule has 0 bridgehead atoms. The third-order valence-corrected chi connectivity index (χ3v) is 10.7. The predicted molar refractivity (Wildman–Crippen MR) is 190 cm³/mol. The van der Waals surface area contributed by atoms with Crippen LogP contribution in [0.3, 0.4) is 0 Å². The first kappa shape index (κ1) is 34.4. The van der Waals surface area contributed by atoms with Gasteiger partial charge in [0.2, 0.25) is 5.91 Å². The van der Waals surface area contributed by atoms with Gasteiger partial charge in [-0.1, -0.05) is 18.2 Å². The number of carbonyl (C=O) groups is 1. The van der Waals surface area contributed by atoms with E-state index in [2.05, 4.69) is 48.8 Å². The summed E-state index contributed by atoms with van der Waals surface area (Å²) in [6.45, 7) is 11.3. The molecule has 0 unspecified atom stereocenters. The number of aromatic nitrogens is 2. The van der Waals surface area contributed by atoms with Gasteiger partial charge in [-0.25, -0.2) is 23.8 Å². The van der Waals surface area contributed by atoms with Crippen molar-refractivity contribution < 1.29 is 23.1 Å². The molecular formula is C36H43ClF2N8O3. The highest BCUT2D eigenvalue weighted by Gasteiger charge is 2.38. The van der Waals surface area contributed by atoms with Gasteiger partial charge in [-0.05, 0) is 56.9 Å². The number of rotatable bonds is 10. The van der Waals surface area contributed by atoms with Crippen LogP contribution in [0.1, 0.15) is 50.6 Å². The van der Waals surface area contributed by atoms with Crippen molar-refractivity contribution in [3.63, 3.8) is 0 Å². The van der Waals surface area contributed by atoms with Crippen LogP contribution in [-0.2, 0) is 9.63 Å². The molecule has 266 valence electrons. The summed E-state index contributed by atoms with van der Waals surface area (Å²) >= 11 is 6.20. The summed E-state index contributed by atoms with van der Waals surface area (Å²) in [5.74, 6) is -0.409. The molecule has 2 aromatic carbocycles. The van der Waals surface area contributed by atoms with Crippen molar-refractivity contribution in [3.05, 3.63) is 71.5 Å². The van der Waals surface area contributed by atoms with Gasteiger partial charge >= 0.3 is 0 Å². The highest BCUT2D eigenvalue weighted by atomic mass is 35.5. The second-order valence-corrected chi connectivity index (χ2v) is 13.8. The standard InChI is InChI=1S/C36H43ClF2N8O3/c1-4-34(48)43-27-17-28(42-32-19-33(41-21-40-32)47-29(11-16-50-47)35-25(38)7-8-26(39)36(35)37)31(49-3)18-30(27)44-12-9-23(10-13-44)45-14-15-46(22(2)20-45)24-5-6-24/h4,7-8,17-19,21-24,29H,1,5-6,9-16,20H2,2-3H3,(H,43,48)(H,40,41,42)/t22-,29+/m0/s1. The Morgan fingerprint density at radius 2 is 1.80 bits per heavy atom. The summed E-state index contributed by atoms with van der Waals surface area (Å²) in [4.78, 5) is 34.8. The van der Waals surface area contributed by atoms with Gasteiger partial charge in [0.25, 0.3) is 0 Å². The number of nitrogens with zero attached hydrogens (tertiary/aromatic N) is 6. The summed E-state index contributed by atoms with van der Waals surface area (Å²) in [6.07, 6.45) is 7.71. The van der Waals surface area contributed by atoms with Crippen LogP contribution in [0.5, 0.6) is 5.75 Å². The summed E-state index contributed by atoms with van der Waals surface area (Å²) < 4.78 is 35.0. The lowest BCUT2D eigenvalue weighted by atomic mass is 9.99. The van der Waals surface area contributed by atoms with Crippen molar-refractivity contribution in [1.82, 2.24) is 19.8 Å². The molecule has 50 heavy (non-hydrogen) atoms. The number of carbonyl (C=O) groups excluding carboxylic acids is 1. The topological polar surface area (TPSA) is 98.3 Å². The maximum absolute atomic E-state index is 14.9. The van der Waals surface area contributed by atoms with E-state index >= 15 is 0 Å². The number of amides is 1. The third-order valence-electron chi connectivity index (χ3n) is 10.3. The van der Waals surface area contributed by atoms with E-state index in [1.807, 2.05) is 12.1 Å². The molecule has 7 rings (SSSR count). The molecule has 2 atom stereocenters. The van der Waals surface area contributed by atoms with Gasteiger partial charge in [0.05, 0.1) is 41.8 Å². The summed E-state index contributed by atoms with van der Waals surface area (Å²) in [6, 6.07) is 8.65. The Morgan fingerprint density at radius 3 is 2.52 bits per heavy atom. The minimum absolute atomic E-state index is 0.00638. The first-order valence-electron chi connectivity index (χ1n) is 17.3. The molecule has 4 aliphatic rings. The molecular weight excluding hydrogens is 666 g/mol. The zero-order valence-corrected chi connectivity index (χ0v) is 29.1. The van der Waals surface area contributed by atoms with Gasteiger partial charge in [0.15, 0.2) is 5.82 Å². The molecule has 3 saturated heterocycles. The first-order valence-corrected chi connectivity index (χ1v) is 17.7. The van der Waals surface area contributed by atoms with Crippen molar-refractivity contribution in [3.8, 4) is 5.75 Å². The fourth-order valence-corrected chi connectivity index (χ4v) is 7.89. The smallest absolute Gasteiger partial charge is 0.247 e. The maximum Gasteiger partial charge on any atom is 0.247 e. The van der Waals surface area contributed by atoms with Crippen LogP contribution >= 0.6 is 11.6 Å². The Bertz CT molecular complexity index is 1740. The average Bonchev–Trinajstić information content (AvgIpc) is 3.86. The van der Waals surface area contributed by atoms with Crippen LogP contribution in [0.4, 0.5) is 37.5 Å². The van der Waals surface area contributed by atoms with Crippen LogP contribution < -0.4 is 25.3 Å². The van der Waals surface area contributed by atoms with Gasteiger partial charge in [-0.2, -0.15) is 0 Å². The predicted octanol–water partition coefficient (Wildman–Crippen LogP) is 6.31. The molecule has 14 heteroatoms. The quantitative estimate of drug-likeness (QED) is 0.184. The summed E-state index contributed by atoms with van der Waals surface area (Å²) in [5, 5.41) is 7.39. The van der Waals surface area contributed by atoms with Gasteiger partial charge in [-0.15, -0.1) is 0 Å². The van der Waals surface area contributed by atoms with Crippen LogP contribution in [-0.4, -0.2) is 90.2 Å². The second kappa shape index (κ2) is 14.7. The number of anilines is 5. The number of hydrogen-bond donors (Lipinski definition) is 2. The zero-order chi connectivity index (χ0) is 34.9. The van der Waals surface area contributed by atoms with E-state index in [1.165, 1.54) is 30.3 Å². The number of hydrogen-bond acceptors (Lipinski definition) is 10. The Balaban J connectivity index is 1.09. The van der Waals surface area contributed by atoms with Gasteiger partial charge in [0.1, 0.15) is 29.5 Å². The van der Waals surface area contributed by atoms with Crippen LogP contribution in [0.25, 0.3) is 0 Å². The van der Waals surface area contributed by atoms with Crippen molar-refractivity contribution in [2.75, 3.05) is 67.0 Å². The minimum Gasteiger partial charge on any atom is -0.494 e. The van der Waals surface area contributed by atoms with Crippen molar-refractivity contribution >= 4 is 46.2 Å². The molecule has 4 heterocycles. The van der Waals surface area contributed by atoms with E-state index in [1.54, 1.807) is 13.2 Å². The molecule has 1 aromatic heterocycles. The number of benzene rings is 2. The Kier molecular flexibility index (Phi) is 10.1. The SMILES string of the molecule is C=CC(=O)Nc1cc(Nc2cc(N3OCC[C@@H]3c3c(F)ccc(F)c3Cl)ncn2)c(OC)cc1N1CCC(N2CCN(C3CC3)[C@@H](C)C2)CC1. The fourth-order valence-electron chi connectivity index (χ4n) is 7.61. The lowest BCUT2D eigenvalue weighted by molar-refractivity contribution is -0.111. The Labute approximate surface area is 296 Å². The van der Waals surface area contributed by atoms with Crippen LogP contribution in [0.2, 0.25) is 5.02 Å². The zero-order valence-electron chi connectivity index (χ0n) is 28.4. The Morgan fingerprint density at radius 1 is 1.02 bits per heavy atom. The van der Waals surface area contributed by atoms with E-state index in [4.69, 9.17) is 21.2 Å². The van der Waals surface area contributed by atoms with Crippen LogP contribution in [0.15, 0.2) is 49.3 Å². The van der Waals surface area contributed by atoms with E-state index in [-0.39, 0.29) is 23.1 Å². The molecule has 11 nitrogen and oxygen atoms in total. The fraction of sp³-hybridized carbons (Fsp3) is 0.472. The summed E-state index contributed by atoms with van der Waals surface area (Å²) in [7, 11) is 1.59. The van der Waals surface area contributed by atoms with Crippen molar-refractivity contribution in [2.24, 2.45) is 0 Å². The number of methoxy groups -OCH3 is 1. The van der Waals surface area contributed by atoms with Crippen molar-refractivity contribution in [1.29, 1.82) is 0 Å². The molecule has 3 aromatic rings. The third kappa shape index (κ3) is 7.09. The number of nitrogens with one attached hydrogen (secondary N) is 2. The maximum atomic E-state index is 14.9. The lowest BCUT2D eigenvalue weighted by Gasteiger charge is -2.46. The van der Waals surface area contributed by atoms with Crippen molar-refractivity contribution in [2.45, 2.75) is 63.2 Å². The average molecular weight is 709 g/mol. The first-order chi connectivity index (χ1) is 24.2. The van der Waals surface area contributed by atoms with E-state index in [0.29, 0.717) is 47.3 Å². The molecule has 3 aliphatic heterocycles. The minimum atomic E-state index is -0.712. The van der Waals surface area contributed by atoms with Gasteiger partial charge in [0, 0.05) is 75.0 Å². The number of piperazine rings is 1. The highest BCUT2D eigenvalue weighted by molar-refractivity contribution is 6.31. The number of halogens is 3. The monoisotopic (exact) mass is 708 g/mol. The molecule has 1 amide bonds. The van der Waals surface area contributed by atoms with Crippen LogP contribution in [0, 0.1) is 11.6 Å². The number of piperidine rings is 1. The molecule has 0 spiro atoms.